The van der Waals surface area contributed by atoms with Crippen LogP contribution in [0.1, 0.15) is 34.2 Å². The van der Waals surface area contributed by atoms with Gasteiger partial charge >= 0.3 is 0 Å². The van der Waals surface area contributed by atoms with Crippen LogP contribution in [-0.2, 0) is 6.61 Å². The van der Waals surface area contributed by atoms with Gasteiger partial charge < -0.3 is 15.2 Å². The zero-order valence-corrected chi connectivity index (χ0v) is 16.2. The van der Waals surface area contributed by atoms with Gasteiger partial charge in [-0.2, -0.15) is 0 Å². The molecule has 0 fully saturated rings. The summed E-state index contributed by atoms with van der Waals surface area (Å²) in [5, 5.41) is 12.2. The van der Waals surface area contributed by atoms with E-state index in [0.29, 0.717) is 23.7 Å². The van der Waals surface area contributed by atoms with Crippen LogP contribution in [0, 0.1) is 13.8 Å². The molecule has 1 aromatic heterocycles. The Bertz CT molecular complexity index is 979. The number of aliphatic hydroxyl groups is 1. The van der Waals surface area contributed by atoms with Gasteiger partial charge in [0.05, 0.1) is 18.9 Å². The lowest BCUT2D eigenvalue weighted by Gasteiger charge is -2.13. The third kappa shape index (κ3) is 4.18. The number of hydrogen-bond acceptors (Lipinski definition) is 5. The number of nitrogens with zero attached hydrogens (tertiary/aromatic N) is 2. The SMILES string of the molecule is CCOc1ccccc1-c1ccnc(C(=O)Nc2c(C)cc(CO)cc2C)n1. The van der Waals surface area contributed by atoms with E-state index in [9.17, 15) is 9.90 Å². The minimum absolute atomic E-state index is 0.0414. The fraction of sp³-hybridized carbons (Fsp3) is 0.227. The molecule has 0 unspecified atom stereocenters. The molecule has 0 atom stereocenters. The van der Waals surface area contributed by atoms with Crippen LogP contribution in [0.2, 0.25) is 0 Å². The molecule has 28 heavy (non-hydrogen) atoms. The van der Waals surface area contributed by atoms with Crippen LogP contribution in [0.25, 0.3) is 11.3 Å². The molecule has 1 heterocycles. The van der Waals surface area contributed by atoms with Crippen molar-refractivity contribution in [3.63, 3.8) is 0 Å². The Kier molecular flexibility index (Phi) is 6.01. The Hall–Kier alpha value is -3.25. The van der Waals surface area contributed by atoms with Gasteiger partial charge in [-0.25, -0.2) is 9.97 Å². The second-order valence-electron chi connectivity index (χ2n) is 6.41. The van der Waals surface area contributed by atoms with Crippen molar-refractivity contribution in [3.05, 3.63) is 71.2 Å². The van der Waals surface area contributed by atoms with Gasteiger partial charge in [0.1, 0.15) is 5.75 Å². The summed E-state index contributed by atoms with van der Waals surface area (Å²) >= 11 is 0. The fourth-order valence-corrected chi connectivity index (χ4v) is 3.09. The summed E-state index contributed by atoms with van der Waals surface area (Å²) in [6, 6.07) is 13.0. The maximum atomic E-state index is 12.8. The molecule has 144 valence electrons. The van der Waals surface area contributed by atoms with Crippen molar-refractivity contribution in [3.8, 4) is 17.0 Å². The van der Waals surface area contributed by atoms with Gasteiger partial charge in [0.15, 0.2) is 0 Å². The molecule has 0 saturated heterocycles. The topological polar surface area (TPSA) is 84.3 Å². The molecule has 6 heteroatoms. The first-order chi connectivity index (χ1) is 13.5. The number of anilines is 1. The Morgan fingerprint density at radius 1 is 1.14 bits per heavy atom. The number of rotatable bonds is 6. The number of aliphatic hydroxyl groups excluding tert-OH is 1. The van der Waals surface area contributed by atoms with Crippen molar-refractivity contribution in [2.75, 3.05) is 11.9 Å². The number of benzene rings is 2. The molecule has 0 aliphatic carbocycles. The van der Waals surface area contributed by atoms with E-state index in [1.807, 2.05) is 57.2 Å². The molecule has 3 aromatic rings. The largest absolute Gasteiger partial charge is 0.493 e. The van der Waals surface area contributed by atoms with Crippen molar-refractivity contribution < 1.29 is 14.6 Å². The monoisotopic (exact) mass is 377 g/mol. The van der Waals surface area contributed by atoms with Crippen molar-refractivity contribution >= 4 is 11.6 Å². The highest BCUT2D eigenvalue weighted by atomic mass is 16.5. The highest BCUT2D eigenvalue weighted by Gasteiger charge is 2.15. The predicted octanol–water partition coefficient (Wildman–Crippen LogP) is 3.90. The quantitative estimate of drug-likeness (QED) is 0.680. The van der Waals surface area contributed by atoms with Crippen LogP contribution < -0.4 is 10.1 Å². The highest BCUT2D eigenvalue weighted by molar-refractivity contribution is 6.02. The van der Waals surface area contributed by atoms with Gasteiger partial charge in [-0.05, 0) is 55.7 Å². The standard InChI is InChI=1S/C22H23N3O3/c1-4-28-19-8-6-5-7-17(19)18-9-10-23-21(24-18)22(27)25-20-14(2)11-16(13-26)12-15(20)3/h5-12,26H,4,13H2,1-3H3,(H,25,27). The van der Waals surface area contributed by atoms with Crippen LogP contribution in [0.4, 0.5) is 5.69 Å². The summed E-state index contributed by atoms with van der Waals surface area (Å²) in [4.78, 5) is 21.3. The fourth-order valence-electron chi connectivity index (χ4n) is 3.09. The normalized spacial score (nSPS) is 10.6. The van der Waals surface area contributed by atoms with Crippen molar-refractivity contribution in [2.45, 2.75) is 27.4 Å². The van der Waals surface area contributed by atoms with Gasteiger partial charge in [-0.3, -0.25) is 4.79 Å². The lowest BCUT2D eigenvalue weighted by molar-refractivity contribution is 0.101. The molecular weight excluding hydrogens is 354 g/mol. The summed E-state index contributed by atoms with van der Waals surface area (Å²) in [7, 11) is 0. The first-order valence-corrected chi connectivity index (χ1v) is 9.11. The average Bonchev–Trinajstić information content (AvgIpc) is 2.71. The van der Waals surface area contributed by atoms with Crippen molar-refractivity contribution in [1.82, 2.24) is 9.97 Å². The number of para-hydroxylation sites is 1. The summed E-state index contributed by atoms with van der Waals surface area (Å²) in [5.41, 5.74) is 4.67. The lowest BCUT2D eigenvalue weighted by Crippen LogP contribution is -2.17. The molecular formula is C22H23N3O3. The molecule has 2 aromatic carbocycles. The van der Waals surface area contributed by atoms with Crippen LogP contribution in [-0.4, -0.2) is 27.6 Å². The number of aromatic nitrogens is 2. The Labute approximate surface area is 164 Å². The molecule has 0 saturated carbocycles. The van der Waals surface area contributed by atoms with Crippen LogP contribution >= 0.6 is 0 Å². The van der Waals surface area contributed by atoms with E-state index in [-0.39, 0.29) is 12.4 Å². The van der Waals surface area contributed by atoms with Crippen molar-refractivity contribution in [1.29, 1.82) is 0 Å². The molecule has 2 N–H and O–H groups in total. The third-order valence-electron chi connectivity index (χ3n) is 4.34. The van der Waals surface area contributed by atoms with E-state index in [1.54, 1.807) is 12.3 Å². The lowest BCUT2D eigenvalue weighted by atomic mass is 10.0. The highest BCUT2D eigenvalue weighted by Crippen LogP contribution is 2.28. The molecule has 0 spiro atoms. The van der Waals surface area contributed by atoms with Gasteiger partial charge in [0.25, 0.3) is 5.91 Å². The Balaban J connectivity index is 1.90. The molecule has 0 radical (unpaired) electrons. The van der Waals surface area contributed by atoms with Crippen molar-refractivity contribution in [2.24, 2.45) is 0 Å². The molecule has 6 nitrogen and oxygen atoms in total. The van der Waals surface area contributed by atoms with Gasteiger partial charge in [0.2, 0.25) is 5.82 Å². The zero-order valence-electron chi connectivity index (χ0n) is 16.2. The Morgan fingerprint density at radius 3 is 2.54 bits per heavy atom. The number of aryl methyl sites for hydroxylation is 2. The van der Waals surface area contributed by atoms with E-state index in [4.69, 9.17) is 4.74 Å². The maximum absolute atomic E-state index is 12.8. The van der Waals surface area contributed by atoms with E-state index in [1.165, 1.54) is 0 Å². The number of ether oxygens (including phenoxy) is 1. The van der Waals surface area contributed by atoms with E-state index in [2.05, 4.69) is 15.3 Å². The summed E-state index contributed by atoms with van der Waals surface area (Å²) in [5.74, 6) is 0.397. The number of carbonyl (C=O) groups excluding carboxylic acids is 1. The molecule has 1 amide bonds. The predicted molar refractivity (Wildman–Crippen MR) is 108 cm³/mol. The van der Waals surface area contributed by atoms with Crippen LogP contribution in [0.5, 0.6) is 5.75 Å². The number of amides is 1. The third-order valence-corrected chi connectivity index (χ3v) is 4.34. The van der Waals surface area contributed by atoms with E-state index < -0.39 is 5.91 Å². The second kappa shape index (κ2) is 8.63. The summed E-state index contributed by atoms with van der Waals surface area (Å²) in [6.07, 6.45) is 1.56. The molecule has 0 aliphatic heterocycles. The molecule has 0 bridgehead atoms. The first-order valence-electron chi connectivity index (χ1n) is 9.11. The smallest absolute Gasteiger partial charge is 0.293 e. The van der Waals surface area contributed by atoms with Gasteiger partial charge in [-0.1, -0.05) is 24.3 Å². The maximum Gasteiger partial charge on any atom is 0.293 e. The molecule has 3 rings (SSSR count). The zero-order chi connectivity index (χ0) is 20.1. The molecule has 0 aliphatic rings. The number of hydrogen-bond donors (Lipinski definition) is 2. The Morgan fingerprint density at radius 2 is 1.86 bits per heavy atom. The first kappa shape index (κ1) is 19.5. The van der Waals surface area contributed by atoms with Crippen LogP contribution in [0.15, 0.2) is 48.7 Å². The number of nitrogens with one attached hydrogen (secondary N) is 1. The average molecular weight is 377 g/mol. The summed E-state index contributed by atoms with van der Waals surface area (Å²) in [6.45, 7) is 6.19. The van der Waals surface area contributed by atoms with Crippen LogP contribution in [0.3, 0.4) is 0 Å². The number of carbonyl (C=O) groups is 1. The van der Waals surface area contributed by atoms with Gasteiger partial charge in [0, 0.05) is 17.4 Å². The minimum atomic E-state index is -0.390. The minimum Gasteiger partial charge on any atom is -0.493 e. The van der Waals surface area contributed by atoms with Gasteiger partial charge in [-0.15, -0.1) is 0 Å². The second-order valence-corrected chi connectivity index (χ2v) is 6.41. The summed E-state index contributed by atoms with van der Waals surface area (Å²) < 4.78 is 5.66. The van der Waals surface area contributed by atoms with E-state index >= 15 is 0 Å². The van der Waals surface area contributed by atoms with E-state index in [0.717, 1.165) is 22.3 Å².